The summed E-state index contributed by atoms with van der Waals surface area (Å²) in [6, 6.07) is 6.77. The summed E-state index contributed by atoms with van der Waals surface area (Å²) in [6.07, 6.45) is 1.14. The van der Waals surface area contributed by atoms with Gasteiger partial charge in [0.25, 0.3) is 0 Å². The summed E-state index contributed by atoms with van der Waals surface area (Å²) in [4.78, 5) is 21.8. The van der Waals surface area contributed by atoms with Gasteiger partial charge in [0.2, 0.25) is 5.91 Å². The van der Waals surface area contributed by atoms with Crippen molar-refractivity contribution in [3.05, 3.63) is 29.8 Å². The van der Waals surface area contributed by atoms with Crippen molar-refractivity contribution in [2.75, 3.05) is 3.11 Å². The highest BCUT2D eigenvalue weighted by molar-refractivity contribution is 14.1. The highest BCUT2D eigenvalue weighted by atomic mass is 127. The van der Waals surface area contributed by atoms with Crippen molar-refractivity contribution in [3.8, 4) is 0 Å². The van der Waals surface area contributed by atoms with Crippen LogP contribution in [0, 0.1) is 5.41 Å². The van der Waals surface area contributed by atoms with Crippen LogP contribution in [-0.4, -0.2) is 18.0 Å². The van der Waals surface area contributed by atoms with E-state index in [-0.39, 0.29) is 24.6 Å². The fourth-order valence-corrected chi connectivity index (χ4v) is 1.76. The molecular formula is C11H12IN3O2. The Morgan fingerprint density at radius 3 is 2.47 bits per heavy atom. The lowest BCUT2D eigenvalue weighted by molar-refractivity contribution is -0.119. The van der Waals surface area contributed by atoms with E-state index in [9.17, 15) is 9.59 Å². The molecule has 1 rings (SSSR count). The topological polar surface area (TPSA) is 87.2 Å². The predicted octanol–water partition coefficient (Wildman–Crippen LogP) is 1.63. The van der Waals surface area contributed by atoms with Crippen LogP contribution in [0.4, 0.5) is 5.69 Å². The molecule has 1 amide bonds. The first kappa shape index (κ1) is 13.6. The maximum Gasteiger partial charge on any atom is 0.236 e. The third-order valence-corrected chi connectivity index (χ3v) is 3.20. The Hall–Kier alpha value is -1.44. The van der Waals surface area contributed by atoms with E-state index in [0.29, 0.717) is 11.3 Å². The molecule has 1 aromatic rings. The number of nitrogens with two attached hydrogens (primary N) is 1. The van der Waals surface area contributed by atoms with Gasteiger partial charge in [-0.2, -0.15) is 0 Å². The fourth-order valence-electron chi connectivity index (χ4n) is 1.20. The zero-order valence-corrected chi connectivity index (χ0v) is 11.2. The van der Waals surface area contributed by atoms with E-state index < -0.39 is 0 Å². The van der Waals surface area contributed by atoms with Crippen molar-refractivity contribution in [2.24, 2.45) is 5.73 Å². The molecule has 0 saturated heterocycles. The first-order chi connectivity index (χ1) is 8.06. The van der Waals surface area contributed by atoms with Gasteiger partial charge in [0.1, 0.15) is 12.1 Å². The van der Waals surface area contributed by atoms with Gasteiger partial charge < -0.3 is 10.5 Å². The van der Waals surface area contributed by atoms with Gasteiger partial charge in [-0.15, -0.1) is 0 Å². The molecule has 0 spiro atoms. The Morgan fingerprint density at radius 1 is 1.41 bits per heavy atom. The monoisotopic (exact) mass is 345 g/mol. The second-order valence-electron chi connectivity index (χ2n) is 3.34. The Labute approximate surface area is 113 Å². The number of aldehydes is 1. The van der Waals surface area contributed by atoms with E-state index in [1.807, 2.05) is 22.9 Å². The van der Waals surface area contributed by atoms with E-state index >= 15 is 0 Å². The van der Waals surface area contributed by atoms with Gasteiger partial charge in [0, 0.05) is 18.4 Å². The molecule has 6 heteroatoms. The normalized spacial score (nSPS) is 9.71. The fraction of sp³-hybridized carbons (Fsp3) is 0.182. The van der Waals surface area contributed by atoms with Gasteiger partial charge in [-0.3, -0.25) is 13.3 Å². The Kier molecular flexibility index (Phi) is 5.08. The summed E-state index contributed by atoms with van der Waals surface area (Å²) in [5.41, 5.74) is 6.64. The number of rotatable bonds is 5. The molecule has 1 aromatic carbocycles. The molecule has 0 aliphatic carbocycles. The number of anilines is 1. The number of hydrogen-bond acceptors (Lipinski definition) is 3. The number of nitrogen functional groups attached to an aromatic ring is 1. The van der Waals surface area contributed by atoms with Crippen molar-refractivity contribution in [2.45, 2.75) is 12.8 Å². The molecule has 5 nitrogen and oxygen atoms in total. The first-order valence-corrected chi connectivity index (χ1v) is 5.89. The minimum Gasteiger partial charge on any atom is -0.384 e. The number of nitrogens with one attached hydrogen (secondary N) is 1. The number of amides is 1. The second kappa shape index (κ2) is 6.33. The molecule has 0 heterocycles. The van der Waals surface area contributed by atoms with E-state index in [2.05, 4.69) is 0 Å². The van der Waals surface area contributed by atoms with Gasteiger partial charge in [-0.1, -0.05) is 0 Å². The molecule has 0 atom stereocenters. The highest BCUT2D eigenvalue weighted by Gasteiger charge is 2.12. The molecule has 0 aliphatic heterocycles. The van der Waals surface area contributed by atoms with Crippen LogP contribution in [0.15, 0.2) is 24.3 Å². The summed E-state index contributed by atoms with van der Waals surface area (Å²) < 4.78 is 1.45. The van der Waals surface area contributed by atoms with Crippen molar-refractivity contribution < 1.29 is 9.59 Å². The standard InChI is InChI=1S/C11H12IN3O2/c12-15(10(17)2-1-7-16)9-5-3-8(4-6-9)11(13)14/h3-7H,1-2H2,(H3,13,14). The quantitative estimate of drug-likeness (QED) is 0.280. The molecule has 0 aromatic heterocycles. The summed E-state index contributed by atoms with van der Waals surface area (Å²) >= 11 is 1.89. The molecular weight excluding hydrogens is 333 g/mol. The van der Waals surface area contributed by atoms with Crippen molar-refractivity contribution in [1.29, 1.82) is 5.41 Å². The third-order valence-electron chi connectivity index (χ3n) is 2.10. The molecule has 0 aliphatic rings. The summed E-state index contributed by atoms with van der Waals surface area (Å²) in [5, 5.41) is 7.25. The van der Waals surface area contributed by atoms with Gasteiger partial charge in [-0.05, 0) is 24.3 Å². The average molecular weight is 345 g/mol. The number of carbonyl (C=O) groups excluding carboxylic acids is 2. The Bertz CT molecular complexity index is 431. The van der Waals surface area contributed by atoms with E-state index in [1.165, 1.54) is 3.11 Å². The van der Waals surface area contributed by atoms with Gasteiger partial charge >= 0.3 is 0 Å². The predicted molar refractivity (Wildman–Crippen MR) is 74.3 cm³/mol. The Balaban J connectivity index is 2.75. The number of benzene rings is 1. The maximum absolute atomic E-state index is 11.6. The number of hydrogen-bond donors (Lipinski definition) is 2. The van der Waals surface area contributed by atoms with Crippen molar-refractivity contribution in [1.82, 2.24) is 0 Å². The van der Waals surface area contributed by atoms with Crippen LogP contribution in [0.1, 0.15) is 18.4 Å². The number of amidine groups is 1. The lowest BCUT2D eigenvalue weighted by atomic mass is 10.2. The molecule has 0 unspecified atom stereocenters. The van der Waals surface area contributed by atoms with Crippen LogP contribution < -0.4 is 8.85 Å². The van der Waals surface area contributed by atoms with Crippen LogP contribution in [0.25, 0.3) is 0 Å². The zero-order chi connectivity index (χ0) is 12.8. The number of carbonyl (C=O) groups is 2. The van der Waals surface area contributed by atoms with Gasteiger partial charge in [0.15, 0.2) is 0 Å². The first-order valence-electron chi connectivity index (χ1n) is 4.93. The molecule has 0 radical (unpaired) electrons. The van der Waals surface area contributed by atoms with Crippen LogP contribution in [-0.2, 0) is 9.59 Å². The third kappa shape index (κ3) is 3.81. The molecule has 90 valence electrons. The largest absolute Gasteiger partial charge is 0.384 e. The number of nitrogens with zero attached hydrogens (tertiary/aromatic N) is 1. The maximum atomic E-state index is 11.6. The molecule has 17 heavy (non-hydrogen) atoms. The van der Waals surface area contributed by atoms with E-state index in [1.54, 1.807) is 24.3 Å². The van der Waals surface area contributed by atoms with Gasteiger partial charge in [-0.25, -0.2) is 0 Å². The Morgan fingerprint density at radius 2 is 2.00 bits per heavy atom. The van der Waals surface area contributed by atoms with Crippen molar-refractivity contribution in [3.63, 3.8) is 0 Å². The lowest BCUT2D eigenvalue weighted by Gasteiger charge is -2.14. The lowest BCUT2D eigenvalue weighted by Crippen LogP contribution is -2.19. The highest BCUT2D eigenvalue weighted by Crippen LogP contribution is 2.20. The second-order valence-corrected chi connectivity index (χ2v) is 4.31. The van der Waals surface area contributed by atoms with E-state index in [0.717, 1.165) is 6.29 Å². The van der Waals surface area contributed by atoms with Crippen LogP contribution in [0.3, 0.4) is 0 Å². The van der Waals surface area contributed by atoms with Crippen LogP contribution in [0.2, 0.25) is 0 Å². The SMILES string of the molecule is N=C(N)c1ccc(N(I)C(=O)CCC=O)cc1. The van der Waals surface area contributed by atoms with E-state index in [4.69, 9.17) is 11.1 Å². The minimum atomic E-state index is -0.131. The molecule has 0 bridgehead atoms. The molecule has 0 saturated carbocycles. The van der Waals surface area contributed by atoms with Gasteiger partial charge in [0.05, 0.1) is 28.6 Å². The van der Waals surface area contributed by atoms with Crippen molar-refractivity contribution >= 4 is 46.6 Å². The smallest absolute Gasteiger partial charge is 0.236 e. The average Bonchev–Trinajstić information content (AvgIpc) is 2.35. The minimum absolute atomic E-state index is 0.0103. The summed E-state index contributed by atoms with van der Waals surface area (Å²) in [5.74, 6) is -0.142. The summed E-state index contributed by atoms with van der Waals surface area (Å²) in [7, 11) is 0. The van der Waals surface area contributed by atoms with Crippen LogP contribution in [0.5, 0.6) is 0 Å². The van der Waals surface area contributed by atoms with Crippen LogP contribution >= 0.6 is 22.9 Å². The zero-order valence-electron chi connectivity index (χ0n) is 9.02. The number of halogens is 1. The molecule has 0 fully saturated rings. The summed E-state index contributed by atoms with van der Waals surface area (Å²) in [6.45, 7) is 0. The molecule has 3 N–H and O–H groups in total.